The smallest absolute Gasteiger partial charge is 0.310 e. The van der Waals surface area contributed by atoms with Gasteiger partial charge in [0.15, 0.2) is 0 Å². The second kappa shape index (κ2) is 5.02. The quantitative estimate of drug-likeness (QED) is 0.872. The fourth-order valence-electron chi connectivity index (χ4n) is 2.96. The van der Waals surface area contributed by atoms with Gasteiger partial charge in [-0.1, -0.05) is 34.1 Å². The summed E-state index contributed by atoms with van der Waals surface area (Å²) in [7, 11) is 0. The Labute approximate surface area is 115 Å². The molecule has 0 spiro atoms. The van der Waals surface area contributed by atoms with Gasteiger partial charge < -0.3 is 10.1 Å². The Morgan fingerprint density at radius 1 is 1.39 bits per heavy atom. The first-order valence-electron chi connectivity index (χ1n) is 6.40. The van der Waals surface area contributed by atoms with Crippen LogP contribution in [-0.2, 0) is 16.1 Å². The van der Waals surface area contributed by atoms with Gasteiger partial charge in [-0.25, -0.2) is 0 Å². The summed E-state index contributed by atoms with van der Waals surface area (Å²) < 4.78 is 6.43. The number of esters is 1. The van der Waals surface area contributed by atoms with Gasteiger partial charge in [-0.3, -0.25) is 4.79 Å². The van der Waals surface area contributed by atoms with Gasteiger partial charge >= 0.3 is 5.97 Å². The van der Waals surface area contributed by atoms with E-state index in [2.05, 4.69) is 21.2 Å². The molecule has 1 N–H and O–H groups in total. The number of carbonyl (C=O) groups excluding carboxylic acids is 1. The number of ether oxygens (including phenoxy) is 1. The van der Waals surface area contributed by atoms with Crippen molar-refractivity contribution in [1.29, 1.82) is 0 Å². The van der Waals surface area contributed by atoms with Gasteiger partial charge in [0.05, 0.1) is 5.92 Å². The molecular weight excluding hydrogens is 294 g/mol. The van der Waals surface area contributed by atoms with Crippen LogP contribution in [0.5, 0.6) is 0 Å². The maximum atomic E-state index is 12.0. The number of fused-ring (bicyclic) bond motifs is 2. The van der Waals surface area contributed by atoms with Crippen molar-refractivity contribution in [2.24, 2.45) is 5.92 Å². The first kappa shape index (κ1) is 12.2. The van der Waals surface area contributed by atoms with Crippen LogP contribution in [0.4, 0.5) is 0 Å². The van der Waals surface area contributed by atoms with E-state index in [1.54, 1.807) is 0 Å². The summed E-state index contributed by atoms with van der Waals surface area (Å²) in [5, 5.41) is 3.46. The number of hydrogen-bond donors (Lipinski definition) is 1. The van der Waals surface area contributed by atoms with Crippen molar-refractivity contribution < 1.29 is 9.53 Å². The molecular formula is C14H16BrNO2. The summed E-state index contributed by atoms with van der Waals surface area (Å²) in [6, 6.07) is 8.72. The van der Waals surface area contributed by atoms with E-state index in [1.165, 1.54) is 6.42 Å². The molecule has 2 bridgehead atoms. The van der Waals surface area contributed by atoms with Crippen LogP contribution in [0.1, 0.15) is 24.8 Å². The summed E-state index contributed by atoms with van der Waals surface area (Å²) in [4.78, 5) is 12.0. The van der Waals surface area contributed by atoms with Crippen molar-refractivity contribution in [3.05, 3.63) is 34.3 Å². The SMILES string of the molecule is O=C(OCc1ccccc1Br)C1CC2CCC1N2. The number of halogens is 1. The number of benzene rings is 1. The summed E-state index contributed by atoms with van der Waals surface area (Å²) in [5.41, 5.74) is 1.02. The monoisotopic (exact) mass is 309 g/mol. The fourth-order valence-corrected chi connectivity index (χ4v) is 3.36. The zero-order chi connectivity index (χ0) is 12.5. The maximum absolute atomic E-state index is 12.0. The van der Waals surface area contributed by atoms with Crippen LogP contribution in [0.25, 0.3) is 0 Å². The second-order valence-electron chi connectivity index (χ2n) is 5.09. The first-order chi connectivity index (χ1) is 8.74. The average molecular weight is 310 g/mol. The molecule has 18 heavy (non-hydrogen) atoms. The molecule has 2 heterocycles. The molecule has 0 amide bonds. The summed E-state index contributed by atoms with van der Waals surface area (Å²) in [5.74, 6) is 0.0108. The third kappa shape index (κ3) is 2.31. The van der Waals surface area contributed by atoms with Crippen molar-refractivity contribution in [2.45, 2.75) is 38.0 Å². The Morgan fingerprint density at radius 2 is 2.22 bits per heavy atom. The summed E-state index contributed by atoms with van der Waals surface area (Å²) in [6.07, 6.45) is 3.26. The van der Waals surface area contributed by atoms with E-state index in [9.17, 15) is 4.79 Å². The van der Waals surface area contributed by atoms with Crippen molar-refractivity contribution in [1.82, 2.24) is 5.32 Å². The number of carbonyl (C=O) groups is 1. The van der Waals surface area contributed by atoms with Crippen LogP contribution in [-0.4, -0.2) is 18.1 Å². The molecule has 2 fully saturated rings. The van der Waals surface area contributed by atoms with Gasteiger partial charge in [0.25, 0.3) is 0 Å². The van der Waals surface area contributed by atoms with Gasteiger partial charge in [-0.05, 0) is 25.3 Å². The highest BCUT2D eigenvalue weighted by Gasteiger charge is 2.43. The minimum absolute atomic E-state index is 0.0505. The maximum Gasteiger partial charge on any atom is 0.310 e. The minimum atomic E-state index is -0.0505. The van der Waals surface area contributed by atoms with Crippen LogP contribution in [0.3, 0.4) is 0 Å². The Hall–Kier alpha value is -0.870. The third-order valence-electron chi connectivity index (χ3n) is 3.93. The number of nitrogens with one attached hydrogen (secondary N) is 1. The van der Waals surface area contributed by atoms with Crippen LogP contribution < -0.4 is 5.32 Å². The lowest BCUT2D eigenvalue weighted by Crippen LogP contribution is -2.30. The molecule has 96 valence electrons. The van der Waals surface area contributed by atoms with Gasteiger partial charge in [0, 0.05) is 22.1 Å². The molecule has 2 aliphatic rings. The van der Waals surface area contributed by atoms with Crippen LogP contribution in [0, 0.1) is 5.92 Å². The van der Waals surface area contributed by atoms with E-state index in [0.717, 1.165) is 22.9 Å². The molecule has 3 rings (SSSR count). The highest BCUT2D eigenvalue weighted by Crippen LogP contribution is 2.34. The van der Waals surface area contributed by atoms with Crippen LogP contribution in [0.2, 0.25) is 0 Å². The standard InChI is InChI=1S/C14H16BrNO2/c15-12-4-2-1-3-9(12)8-18-14(17)11-7-10-5-6-13(11)16-10/h1-4,10-11,13,16H,5-8H2. The Kier molecular flexibility index (Phi) is 3.39. The molecule has 3 nitrogen and oxygen atoms in total. The van der Waals surface area contributed by atoms with Gasteiger partial charge in [-0.2, -0.15) is 0 Å². The molecule has 1 aromatic rings. The predicted molar refractivity (Wildman–Crippen MR) is 72.0 cm³/mol. The molecule has 0 aromatic heterocycles. The Balaban J connectivity index is 1.58. The van der Waals surface area contributed by atoms with Crippen LogP contribution >= 0.6 is 15.9 Å². The van der Waals surface area contributed by atoms with Gasteiger partial charge in [0.2, 0.25) is 0 Å². The molecule has 4 heteroatoms. The highest BCUT2D eigenvalue weighted by molar-refractivity contribution is 9.10. The number of rotatable bonds is 3. The first-order valence-corrected chi connectivity index (χ1v) is 7.19. The normalized spacial score (nSPS) is 29.5. The van der Waals surface area contributed by atoms with E-state index in [1.807, 2.05) is 24.3 Å². The third-order valence-corrected chi connectivity index (χ3v) is 4.70. The Bertz CT molecular complexity index is 463. The molecule has 1 aromatic carbocycles. The van der Waals surface area contributed by atoms with Crippen molar-refractivity contribution in [3.63, 3.8) is 0 Å². The second-order valence-corrected chi connectivity index (χ2v) is 5.94. The molecule has 0 aliphatic carbocycles. The topological polar surface area (TPSA) is 38.3 Å². The lowest BCUT2D eigenvalue weighted by atomic mass is 9.89. The molecule has 0 radical (unpaired) electrons. The lowest BCUT2D eigenvalue weighted by molar-refractivity contribution is -0.150. The fraction of sp³-hybridized carbons (Fsp3) is 0.500. The van der Waals surface area contributed by atoms with E-state index >= 15 is 0 Å². The summed E-state index contributed by atoms with van der Waals surface area (Å²) in [6.45, 7) is 0.355. The predicted octanol–water partition coefficient (Wildman–Crippen LogP) is 2.63. The summed E-state index contributed by atoms with van der Waals surface area (Å²) >= 11 is 3.46. The largest absolute Gasteiger partial charge is 0.461 e. The Morgan fingerprint density at radius 3 is 2.89 bits per heavy atom. The minimum Gasteiger partial charge on any atom is -0.461 e. The zero-order valence-corrected chi connectivity index (χ0v) is 11.7. The van der Waals surface area contributed by atoms with Crippen molar-refractivity contribution >= 4 is 21.9 Å². The molecule has 3 unspecified atom stereocenters. The van der Waals surface area contributed by atoms with Gasteiger partial charge in [-0.15, -0.1) is 0 Å². The lowest BCUT2D eigenvalue weighted by Gasteiger charge is -2.18. The van der Waals surface area contributed by atoms with Crippen LogP contribution in [0.15, 0.2) is 28.7 Å². The average Bonchev–Trinajstić information content (AvgIpc) is 2.99. The zero-order valence-electron chi connectivity index (χ0n) is 10.1. The van der Waals surface area contributed by atoms with Crippen molar-refractivity contribution in [2.75, 3.05) is 0 Å². The van der Waals surface area contributed by atoms with E-state index < -0.39 is 0 Å². The van der Waals surface area contributed by atoms with Crippen molar-refractivity contribution in [3.8, 4) is 0 Å². The van der Waals surface area contributed by atoms with E-state index in [0.29, 0.717) is 18.7 Å². The van der Waals surface area contributed by atoms with E-state index in [-0.39, 0.29) is 11.9 Å². The highest BCUT2D eigenvalue weighted by atomic mass is 79.9. The molecule has 0 saturated carbocycles. The molecule has 2 aliphatic heterocycles. The molecule has 2 saturated heterocycles. The number of hydrogen-bond acceptors (Lipinski definition) is 3. The van der Waals surface area contributed by atoms with Gasteiger partial charge in [0.1, 0.15) is 6.61 Å². The molecule has 3 atom stereocenters. The van der Waals surface area contributed by atoms with E-state index in [4.69, 9.17) is 4.74 Å².